The molecule has 2 heterocycles. The molecule has 2 aromatic rings. The standard InChI is InChI=1S/C25H31BN2O6/c1-25(2,3)33-24(30)27-14-8-7-11-22(27)23(29)28(16-18-9-5-4-6-10-18)34-20-12-13-21-19(15-20)17-32-26(21)31/h4-6,9-10,12-13,15,22,31H,7-8,11,14,16-17H2,1-3H3. The zero-order valence-corrected chi connectivity index (χ0v) is 19.9. The van der Waals surface area contributed by atoms with Gasteiger partial charge in [0.15, 0.2) is 5.75 Å². The largest absolute Gasteiger partial charge is 0.491 e. The lowest BCUT2D eigenvalue weighted by Gasteiger charge is -2.37. The van der Waals surface area contributed by atoms with Crippen LogP contribution < -0.4 is 10.3 Å². The Morgan fingerprint density at radius 2 is 1.94 bits per heavy atom. The smallest absolute Gasteiger partial charge is 0.444 e. The van der Waals surface area contributed by atoms with E-state index in [0.717, 1.165) is 24.0 Å². The van der Waals surface area contributed by atoms with E-state index in [-0.39, 0.29) is 19.1 Å². The molecule has 0 bridgehead atoms. The molecule has 180 valence electrons. The first-order valence-corrected chi connectivity index (χ1v) is 11.7. The summed E-state index contributed by atoms with van der Waals surface area (Å²) >= 11 is 0. The van der Waals surface area contributed by atoms with Crippen LogP contribution in [0, 0.1) is 0 Å². The van der Waals surface area contributed by atoms with Gasteiger partial charge in [-0.25, -0.2) is 4.79 Å². The van der Waals surface area contributed by atoms with Crippen LogP contribution in [0.3, 0.4) is 0 Å². The molecule has 0 aliphatic carbocycles. The summed E-state index contributed by atoms with van der Waals surface area (Å²) < 4.78 is 10.8. The number of hydrogen-bond acceptors (Lipinski definition) is 6. The molecule has 1 N–H and O–H groups in total. The van der Waals surface area contributed by atoms with Gasteiger partial charge in [-0.1, -0.05) is 36.4 Å². The van der Waals surface area contributed by atoms with Gasteiger partial charge in [0, 0.05) is 6.54 Å². The number of piperidine rings is 1. The van der Waals surface area contributed by atoms with Gasteiger partial charge in [0.2, 0.25) is 0 Å². The molecule has 2 aliphatic heterocycles. The number of amides is 2. The number of hydroxylamine groups is 2. The second-order valence-electron chi connectivity index (χ2n) is 9.66. The van der Waals surface area contributed by atoms with Crippen LogP contribution in [0.1, 0.15) is 51.2 Å². The first-order valence-electron chi connectivity index (χ1n) is 11.7. The number of nitrogens with zero attached hydrogens (tertiary/aromatic N) is 2. The Bertz CT molecular complexity index is 1030. The quantitative estimate of drug-likeness (QED) is 0.539. The van der Waals surface area contributed by atoms with Gasteiger partial charge in [-0.3, -0.25) is 9.69 Å². The molecule has 2 aromatic carbocycles. The molecule has 1 fully saturated rings. The zero-order chi connectivity index (χ0) is 24.3. The molecule has 9 heteroatoms. The summed E-state index contributed by atoms with van der Waals surface area (Å²) in [5.74, 6) is 0.159. The van der Waals surface area contributed by atoms with Crippen LogP contribution in [0.2, 0.25) is 0 Å². The van der Waals surface area contributed by atoms with E-state index in [0.29, 0.717) is 24.2 Å². The number of rotatable bonds is 5. The molecular formula is C25H31BN2O6. The molecule has 0 aromatic heterocycles. The van der Waals surface area contributed by atoms with Gasteiger partial charge in [-0.15, -0.1) is 0 Å². The van der Waals surface area contributed by atoms with E-state index in [2.05, 4.69) is 0 Å². The highest BCUT2D eigenvalue weighted by Gasteiger charge is 2.38. The van der Waals surface area contributed by atoms with E-state index in [1.54, 1.807) is 18.2 Å². The Hall–Kier alpha value is -3.04. The molecule has 8 nitrogen and oxygen atoms in total. The first-order chi connectivity index (χ1) is 16.2. The molecule has 1 saturated heterocycles. The van der Waals surface area contributed by atoms with Crippen molar-refractivity contribution in [3.05, 3.63) is 59.7 Å². The van der Waals surface area contributed by atoms with Crippen LogP contribution in [0.4, 0.5) is 4.79 Å². The van der Waals surface area contributed by atoms with Crippen molar-refractivity contribution in [3.8, 4) is 5.75 Å². The molecule has 2 amide bonds. The van der Waals surface area contributed by atoms with Crippen LogP contribution >= 0.6 is 0 Å². The van der Waals surface area contributed by atoms with Crippen LogP contribution in [0.25, 0.3) is 0 Å². The minimum Gasteiger partial charge on any atom is -0.444 e. The fraction of sp³-hybridized carbons (Fsp3) is 0.440. The number of hydrogen-bond donors (Lipinski definition) is 1. The van der Waals surface area contributed by atoms with E-state index >= 15 is 0 Å². The topological polar surface area (TPSA) is 88.5 Å². The lowest BCUT2D eigenvalue weighted by atomic mass is 9.80. The van der Waals surface area contributed by atoms with Crippen molar-refractivity contribution >= 4 is 24.6 Å². The van der Waals surface area contributed by atoms with Crippen molar-refractivity contribution in [2.45, 2.75) is 64.8 Å². The van der Waals surface area contributed by atoms with Gasteiger partial charge in [-0.2, -0.15) is 5.06 Å². The summed E-state index contributed by atoms with van der Waals surface area (Å²) in [7, 11) is -0.948. The predicted octanol–water partition coefficient (Wildman–Crippen LogP) is 3.02. The highest BCUT2D eigenvalue weighted by Crippen LogP contribution is 2.25. The van der Waals surface area contributed by atoms with Crippen molar-refractivity contribution in [2.24, 2.45) is 0 Å². The van der Waals surface area contributed by atoms with E-state index < -0.39 is 24.9 Å². The third-order valence-electron chi connectivity index (χ3n) is 5.82. The lowest BCUT2D eigenvalue weighted by molar-refractivity contribution is -0.166. The molecule has 1 atom stereocenters. The number of benzene rings is 2. The van der Waals surface area contributed by atoms with E-state index in [9.17, 15) is 14.6 Å². The van der Waals surface area contributed by atoms with E-state index in [1.165, 1.54) is 9.96 Å². The molecule has 4 rings (SSSR count). The van der Waals surface area contributed by atoms with Crippen LogP contribution in [-0.2, 0) is 27.3 Å². The average Bonchev–Trinajstić information content (AvgIpc) is 3.18. The average molecular weight is 466 g/mol. The van der Waals surface area contributed by atoms with E-state index in [4.69, 9.17) is 14.2 Å². The molecule has 0 saturated carbocycles. The monoisotopic (exact) mass is 466 g/mol. The Morgan fingerprint density at radius 3 is 2.68 bits per heavy atom. The highest BCUT2D eigenvalue weighted by atomic mass is 16.7. The number of likely N-dealkylation sites (tertiary alicyclic amines) is 1. The summed E-state index contributed by atoms with van der Waals surface area (Å²) in [5.41, 5.74) is 1.75. The van der Waals surface area contributed by atoms with Gasteiger partial charge >= 0.3 is 13.2 Å². The summed E-state index contributed by atoms with van der Waals surface area (Å²) in [6.45, 7) is 6.38. The molecule has 0 spiro atoms. The summed E-state index contributed by atoms with van der Waals surface area (Å²) in [6.07, 6.45) is 1.70. The van der Waals surface area contributed by atoms with Crippen molar-refractivity contribution < 1.29 is 28.8 Å². The van der Waals surface area contributed by atoms with Crippen molar-refractivity contribution in [3.63, 3.8) is 0 Å². The van der Waals surface area contributed by atoms with Crippen LogP contribution in [0.5, 0.6) is 5.75 Å². The van der Waals surface area contributed by atoms with Crippen LogP contribution in [0.15, 0.2) is 48.5 Å². The van der Waals surface area contributed by atoms with Gasteiger partial charge in [0.1, 0.15) is 11.6 Å². The number of carbonyl (C=O) groups excluding carboxylic acids is 2. The SMILES string of the molecule is CC(C)(C)OC(=O)N1CCCCC1C(=O)N(Cc1ccccc1)Oc1ccc2c(c1)COB2O. The molecule has 0 radical (unpaired) electrons. The molecule has 34 heavy (non-hydrogen) atoms. The number of ether oxygens (including phenoxy) is 1. The fourth-order valence-corrected chi connectivity index (χ4v) is 4.19. The minimum absolute atomic E-state index is 0.217. The second-order valence-corrected chi connectivity index (χ2v) is 9.66. The van der Waals surface area contributed by atoms with Gasteiger partial charge in [0.05, 0.1) is 13.2 Å². The van der Waals surface area contributed by atoms with Gasteiger partial charge < -0.3 is 19.3 Å². The van der Waals surface area contributed by atoms with Crippen LogP contribution in [-0.4, -0.2) is 52.3 Å². The maximum absolute atomic E-state index is 13.8. The van der Waals surface area contributed by atoms with Gasteiger partial charge in [-0.05, 0) is 68.8 Å². The summed E-state index contributed by atoms with van der Waals surface area (Å²) in [5, 5.41) is 11.2. The zero-order valence-electron chi connectivity index (χ0n) is 19.9. The molecule has 2 aliphatic rings. The minimum atomic E-state index is -0.948. The number of carbonyl (C=O) groups is 2. The summed E-state index contributed by atoms with van der Waals surface area (Å²) in [4.78, 5) is 34.3. The third-order valence-corrected chi connectivity index (χ3v) is 5.82. The molecule has 1 unspecified atom stereocenters. The predicted molar refractivity (Wildman–Crippen MR) is 127 cm³/mol. The van der Waals surface area contributed by atoms with Crippen molar-refractivity contribution in [1.29, 1.82) is 0 Å². The summed E-state index contributed by atoms with van der Waals surface area (Å²) in [6, 6.07) is 14.1. The van der Waals surface area contributed by atoms with Crippen molar-refractivity contribution in [1.82, 2.24) is 9.96 Å². The van der Waals surface area contributed by atoms with Gasteiger partial charge in [0.25, 0.3) is 5.91 Å². The maximum Gasteiger partial charge on any atom is 0.491 e. The number of fused-ring (bicyclic) bond motifs is 1. The maximum atomic E-state index is 13.8. The normalized spacial score (nSPS) is 17.8. The van der Waals surface area contributed by atoms with Crippen molar-refractivity contribution in [2.75, 3.05) is 6.54 Å². The first kappa shape index (κ1) is 24.1. The lowest BCUT2D eigenvalue weighted by Crippen LogP contribution is -2.54. The third kappa shape index (κ3) is 5.71. The molecular weight excluding hydrogens is 435 g/mol. The Balaban J connectivity index is 1.58. The highest BCUT2D eigenvalue weighted by molar-refractivity contribution is 6.61. The Kier molecular flexibility index (Phi) is 7.14. The Labute approximate surface area is 200 Å². The van der Waals surface area contributed by atoms with E-state index in [1.807, 2.05) is 51.1 Å². The fourth-order valence-electron chi connectivity index (χ4n) is 4.19. The second kappa shape index (κ2) is 10.1. The Morgan fingerprint density at radius 1 is 1.18 bits per heavy atom.